The molecule has 1 amide bonds. The number of carbonyl (C=O) groups excluding carboxylic acids is 1. The fourth-order valence-electron chi connectivity index (χ4n) is 4.08. The van der Waals surface area contributed by atoms with Gasteiger partial charge in [-0.2, -0.15) is 10.2 Å². The van der Waals surface area contributed by atoms with Crippen LogP contribution in [0.15, 0.2) is 36.8 Å². The minimum atomic E-state index is -0.461. The highest BCUT2D eigenvalue weighted by Gasteiger charge is 2.21. The Morgan fingerprint density at radius 2 is 2.06 bits per heavy atom. The first-order valence-corrected chi connectivity index (χ1v) is 12.3. The molecule has 3 heterocycles. The highest BCUT2D eigenvalue weighted by Crippen LogP contribution is 2.26. The van der Waals surface area contributed by atoms with Crippen LogP contribution in [0.5, 0.6) is 0 Å². The van der Waals surface area contributed by atoms with Crippen molar-refractivity contribution < 1.29 is 9.90 Å². The van der Waals surface area contributed by atoms with Crippen molar-refractivity contribution in [3.63, 3.8) is 0 Å². The fourth-order valence-corrected chi connectivity index (χ4v) is 4.25. The van der Waals surface area contributed by atoms with Crippen molar-refractivity contribution in [2.24, 2.45) is 0 Å². The SMILES string of the molecule is CCn1ncc(CN(C)C(=O)c2nc(-c3cnn(CCC(O)CNC)c3)nc3ccc(Cl)cc23)c1C. The summed E-state index contributed by atoms with van der Waals surface area (Å²) in [6.07, 6.45) is 5.38. The summed E-state index contributed by atoms with van der Waals surface area (Å²) in [6.45, 7) is 6.26. The molecule has 0 spiro atoms. The first kappa shape index (κ1) is 25.7. The van der Waals surface area contributed by atoms with Gasteiger partial charge in [0.05, 0.1) is 29.6 Å². The first-order valence-electron chi connectivity index (χ1n) is 11.9. The summed E-state index contributed by atoms with van der Waals surface area (Å²) in [5.74, 6) is 0.163. The van der Waals surface area contributed by atoms with Gasteiger partial charge in [-0.25, -0.2) is 9.97 Å². The molecule has 0 aliphatic rings. The maximum Gasteiger partial charge on any atom is 0.273 e. The molecule has 0 fully saturated rings. The van der Waals surface area contributed by atoms with Gasteiger partial charge in [-0.1, -0.05) is 11.6 Å². The zero-order chi connectivity index (χ0) is 25.8. The Balaban J connectivity index is 1.64. The lowest BCUT2D eigenvalue weighted by atomic mass is 10.1. The van der Waals surface area contributed by atoms with E-state index in [-0.39, 0.29) is 11.6 Å². The Labute approximate surface area is 214 Å². The molecule has 3 aromatic heterocycles. The molecule has 0 bridgehead atoms. The second-order valence-corrected chi connectivity index (χ2v) is 9.22. The number of hydrogen-bond donors (Lipinski definition) is 2. The van der Waals surface area contributed by atoms with Gasteiger partial charge in [0.1, 0.15) is 5.69 Å². The van der Waals surface area contributed by atoms with Crippen molar-refractivity contribution in [2.75, 3.05) is 20.6 Å². The van der Waals surface area contributed by atoms with Gasteiger partial charge >= 0.3 is 0 Å². The maximum absolute atomic E-state index is 13.6. The molecule has 36 heavy (non-hydrogen) atoms. The molecule has 0 radical (unpaired) electrons. The molecule has 2 N–H and O–H groups in total. The Hall–Kier alpha value is -3.34. The predicted molar refractivity (Wildman–Crippen MR) is 139 cm³/mol. The number of carbonyl (C=O) groups is 1. The molecule has 10 nitrogen and oxygen atoms in total. The standard InChI is InChI=1S/C25H31ClN8O2/c1-5-34-16(2)17(11-29-34)14-32(4)25(36)23-21-10-19(26)6-7-22(21)30-24(31-23)18-12-28-33(15-18)9-8-20(35)13-27-3/h6-7,10-12,15,20,27,35H,5,8-9,13-14H2,1-4H3. The summed E-state index contributed by atoms with van der Waals surface area (Å²) < 4.78 is 3.65. The quantitative estimate of drug-likeness (QED) is 0.337. The lowest BCUT2D eigenvalue weighted by molar-refractivity contribution is 0.0781. The van der Waals surface area contributed by atoms with E-state index in [9.17, 15) is 9.90 Å². The number of aromatic nitrogens is 6. The largest absolute Gasteiger partial charge is 0.392 e. The molecule has 4 rings (SSSR count). The van der Waals surface area contributed by atoms with E-state index >= 15 is 0 Å². The Morgan fingerprint density at radius 1 is 1.25 bits per heavy atom. The van der Waals surface area contributed by atoms with Crippen LogP contribution in [0, 0.1) is 6.92 Å². The molecular weight excluding hydrogens is 480 g/mol. The summed E-state index contributed by atoms with van der Waals surface area (Å²) in [6, 6.07) is 5.25. The smallest absolute Gasteiger partial charge is 0.273 e. The fraction of sp³-hybridized carbons (Fsp3) is 0.400. The third-order valence-corrected chi connectivity index (χ3v) is 6.38. The molecule has 0 aliphatic carbocycles. The number of aliphatic hydroxyl groups is 1. The number of nitrogens with zero attached hydrogens (tertiary/aromatic N) is 7. The van der Waals surface area contributed by atoms with E-state index in [2.05, 4.69) is 25.5 Å². The molecule has 1 unspecified atom stereocenters. The Kier molecular flexibility index (Phi) is 7.97. The van der Waals surface area contributed by atoms with Crippen LogP contribution < -0.4 is 5.32 Å². The minimum Gasteiger partial charge on any atom is -0.392 e. The van der Waals surface area contributed by atoms with Crippen LogP contribution in [-0.4, -0.2) is 72.2 Å². The molecule has 0 saturated carbocycles. The zero-order valence-electron chi connectivity index (χ0n) is 20.9. The number of likely N-dealkylation sites (N-methyl/N-ethyl adjacent to an activating group) is 1. The van der Waals surface area contributed by atoms with Crippen molar-refractivity contribution in [3.05, 3.63) is 58.8 Å². The van der Waals surface area contributed by atoms with E-state index in [1.807, 2.05) is 24.7 Å². The van der Waals surface area contributed by atoms with Crippen molar-refractivity contribution in [1.82, 2.24) is 39.7 Å². The number of amides is 1. The van der Waals surface area contributed by atoms with Crippen LogP contribution in [0.1, 0.15) is 35.1 Å². The van der Waals surface area contributed by atoms with E-state index in [1.54, 1.807) is 54.3 Å². The zero-order valence-corrected chi connectivity index (χ0v) is 21.7. The normalized spacial score (nSPS) is 12.3. The number of aliphatic hydroxyl groups excluding tert-OH is 1. The molecule has 1 aromatic carbocycles. The molecule has 0 saturated heterocycles. The van der Waals surface area contributed by atoms with Gasteiger partial charge < -0.3 is 15.3 Å². The summed E-state index contributed by atoms with van der Waals surface area (Å²) in [5, 5.41) is 22.8. The van der Waals surface area contributed by atoms with Crippen LogP contribution in [0.3, 0.4) is 0 Å². The van der Waals surface area contributed by atoms with E-state index in [0.29, 0.717) is 53.4 Å². The molecule has 1 atom stereocenters. The second kappa shape index (κ2) is 11.2. The lowest BCUT2D eigenvalue weighted by Gasteiger charge is -2.18. The van der Waals surface area contributed by atoms with E-state index < -0.39 is 6.10 Å². The van der Waals surface area contributed by atoms with Gasteiger partial charge in [-0.05, 0) is 45.5 Å². The summed E-state index contributed by atoms with van der Waals surface area (Å²) in [7, 11) is 3.55. The van der Waals surface area contributed by atoms with Crippen LogP contribution in [0.25, 0.3) is 22.3 Å². The van der Waals surface area contributed by atoms with Crippen molar-refractivity contribution in [2.45, 2.75) is 46.0 Å². The highest BCUT2D eigenvalue weighted by molar-refractivity contribution is 6.31. The monoisotopic (exact) mass is 510 g/mol. The first-order chi connectivity index (χ1) is 17.3. The summed E-state index contributed by atoms with van der Waals surface area (Å²) >= 11 is 6.26. The van der Waals surface area contributed by atoms with Gasteiger partial charge in [-0.3, -0.25) is 14.2 Å². The van der Waals surface area contributed by atoms with E-state index in [0.717, 1.165) is 17.8 Å². The second-order valence-electron chi connectivity index (χ2n) is 8.78. The Bertz CT molecular complexity index is 1370. The highest BCUT2D eigenvalue weighted by atomic mass is 35.5. The summed E-state index contributed by atoms with van der Waals surface area (Å²) in [5.41, 5.74) is 3.59. The van der Waals surface area contributed by atoms with Gasteiger partial charge in [0.15, 0.2) is 5.82 Å². The number of aryl methyl sites for hydroxylation is 2. The number of rotatable bonds is 10. The third-order valence-electron chi connectivity index (χ3n) is 6.14. The van der Waals surface area contributed by atoms with Gasteiger partial charge in [-0.15, -0.1) is 0 Å². The molecular formula is C25H31ClN8O2. The van der Waals surface area contributed by atoms with Gasteiger partial charge in [0.25, 0.3) is 5.91 Å². The van der Waals surface area contributed by atoms with E-state index in [4.69, 9.17) is 11.6 Å². The van der Waals surface area contributed by atoms with Crippen LogP contribution in [0.4, 0.5) is 0 Å². The Morgan fingerprint density at radius 3 is 2.78 bits per heavy atom. The van der Waals surface area contributed by atoms with Crippen molar-refractivity contribution in [3.8, 4) is 11.4 Å². The average molecular weight is 511 g/mol. The van der Waals surface area contributed by atoms with Crippen LogP contribution >= 0.6 is 11.6 Å². The molecule has 4 aromatic rings. The average Bonchev–Trinajstić information content (AvgIpc) is 3.48. The number of hydrogen-bond acceptors (Lipinski definition) is 7. The van der Waals surface area contributed by atoms with Gasteiger partial charge in [0.2, 0.25) is 0 Å². The number of nitrogens with one attached hydrogen (secondary N) is 1. The topological polar surface area (TPSA) is 114 Å². The van der Waals surface area contributed by atoms with Crippen molar-refractivity contribution >= 4 is 28.4 Å². The van der Waals surface area contributed by atoms with Crippen LogP contribution in [-0.2, 0) is 19.6 Å². The third kappa shape index (κ3) is 5.56. The molecule has 0 aliphatic heterocycles. The molecule has 190 valence electrons. The van der Waals surface area contributed by atoms with E-state index in [1.165, 1.54) is 0 Å². The van der Waals surface area contributed by atoms with Crippen LogP contribution in [0.2, 0.25) is 5.02 Å². The number of fused-ring (bicyclic) bond motifs is 1. The summed E-state index contributed by atoms with van der Waals surface area (Å²) in [4.78, 5) is 24.6. The maximum atomic E-state index is 13.6. The minimum absolute atomic E-state index is 0.239. The number of halogens is 1. The lowest BCUT2D eigenvalue weighted by Crippen LogP contribution is -2.27. The number of benzene rings is 1. The molecule has 11 heteroatoms. The van der Waals surface area contributed by atoms with Crippen molar-refractivity contribution in [1.29, 1.82) is 0 Å². The van der Waals surface area contributed by atoms with Gasteiger partial charge in [0, 0.05) is 61.1 Å². The predicted octanol–water partition coefficient (Wildman–Crippen LogP) is 2.91.